The summed E-state index contributed by atoms with van der Waals surface area (Å²) in [5, 5.41) is 8.91. The van der Waals surface area contributed by atoms with E-state index in [1.165, 1.54) is 4.68 Å². The van der Waals surface area contributed by atoms with E-state index in [1.54, 1.807) is 15.5 Å². The van der Waals surface area contributed by atoms with Crippen LogP contribution in [0.4, 0.5) is 0 Å². The normalized spacial score (nSPS) is 19.2. The number of hydrogen-bond acceptors (Lipinski definition) is 6. The molecule has 150 valence electrons. The molecule has 0 radical (unpaired) electrons. The lowest BCUT2D eigenvalue weighted by Gasteiger charge is -2.23. The zero-order chi connectivity index (χ0) is 20.1. The minimum absolute atomic E-state index is 0.0930. The Morgan fingerprint density at radius 2 is 1.97 bits per heavy atom. The van der Waals surface area contributed by atoms with Crippen LogP contribution in [0, 0.1) is 13.8 Å². The molecule has 2 aliphatic rings. The number of carbonyl (C=O) groups excluding carboxylic acids is 1. The van der Waals surface area contributed by atoms with E-state index >= 15 is 0 Å². The molecule has 4 heterocycles. The molecule has 5 rings (SSSR count). The Balaban J connectivity index is 1.41. The van der Waals surface area contributed by atoms with Gasteiger partial charge in [-0.15, -0.1) is 5.10 Å². The van der Waals surface area contributed by atoms with Gasteiger partial charge < -0.3 is 4.90 Å². The van der Waals surface area contributed by atoms with Crippen LogP contribution in [-0.4, -0.2) is 52.8 Å². The number of nitrogens with zero attached hydrogens (tertiary/aromatic N) is 7. The van der Waals surface area contributed by atoms with Crippen LogP contribution in [0.5, 0.6) is 0 Å². The quantitative estimate of drug-likeness (QED) is 0.666. The predicted octanol–water partition coefficient (Wildman–Crippen LogP) is 1.48. The van der Waals surface area contributed by atoms with E-state index in [0.29, 0.717) is 24.8 Å². The van der Waals surface area contributed by atoms with Crippen LogP contribution in [0.3, 0.4) is 0 Å². The van der Waals surface area contributed by atoms with Crippen LogP contribution in [0.25, 0.3) is 5.78 Å². The van der Waals surface area contributed by atoms with E-state index in [9.17, 15) is 9.59 Å². The van der Waals surface area contributed by atoms with Crippen LogP contribution in [0.2, 0.25) is 0 Å². The average molecular weight is 393 g/mol. The van der Waals surface area contributed by atoms with Gasteiger partial charge in [-0.05, 0) is 51.7 Å². The van der Waals surface area contributed by atoms with Crippen molar-refractivity contribution in [2.45, 2.75) is 58.0 Å². The Kier molecular flexibility index (Phi) is 4.18. The summed E-state index contributed by atoms with van der Waals surface area (Å²) in [6, 6.07) is 5.22. The molecule has 1 saturated heterocycles. The van der Waals surface area contributed by atoms with E-state index in [-0.39, 0.29) is 23.3 Å². The number of carbonyl (C=O) groups is 1. The first kappa shape index (κ1) is 18.0. The third-order valence-corrected chi connectivity index (χ3v) is 5.71. The molecule has 3 aromatic heterocycles. The van der Waals surface area contributed by atoms with Gasteiger partial charge in [-0.1, -0.05) is 0 Å². The van der Waals surface area contributed by atoms with Gasteiger partial charge in [0.2, 0.25) is 5.82 Å². The Bertz CT molecular complexity index is 1160. The van der Waals surface area contributed by atoms with Gasteiger partial charge in [0.25, 0.3) is 17.2 Å². The number of aryl methyl sites for hydroxylation is 2. The van der Waals surface area contributed by atoms with Crippen LogP contribution in [0.15, 0.2) is 23.0 Å². The average Bonchev–Trinajstić information content (AvgIpc) is 3.28. The molecule has 9 nitrogen and oxygen atoms in total. The second-order valence-corrected chi connectivity index (χ2v) is 8.03. The summed E-state index contributed by atoms with van der Waals surface area (Å²) >= 11 is 0. The van der Waals surface area contributed by atoms with E-state index in [2.05, 4.69) is 20.2 Å². The lowest BCUT2D eigenvalue weighted by Crippen LogP contribution is -2.41. The molecule has 1 saturated carbocycles. The first-order chi connectivity index (χ1) is 14.0. The summed E-state index contributed by atoms with van der Waals surface area (Å²) in [5.74, 6) is 0.827. The highest BCUT2D eigenvalue weighted by Crippen LogP contribution is 2.38. The molecule has 0 aromatic carbocycles. The van der Waals surface area contributed by atoms with E-state index in [0.717, 1.165) is 42.8 Å². The van der Waals surface area contributed by atoms with E-state index in [1.807, 2.05) is 26.0 Å². The standard InChI is InChI=1S/C20H23N7O2/c1-12-10-13(2)27-20(21-12)22-18(24-27)19(29)25-9-3-4-15(25)11-26-17(28)8-7-16(23-26)14-5-6-14/h7-8,10,14-15H,3-6,9,11H2,1-2H3. The highest BCUT2D eigenvalue weighted by molar-refractivity contribution is 5.91. The summed E-state index contributed by atoms with van der Waals surface area (Å²) in [6.07, 6.45) is 3.98. The first-order valence-electron chi connectivity index (χ1n) is 10.1. The van der Waals surface area contributed by atoms with Crippen molar-refractivity contribution in [3.8, 4) is 0 Å². The van der Waals surface area contributed by atoms with E-state index in [4.69, 9.17) is 0 Å². The Morgan fingerprint density at radius 3 is 2.76 bits per heavy atom. The van der Waals surface area contributed by atoms with Crippen molar-refractivity contribution in [1.82, 2.24) is 34.3 Å². The molecule has 1 aliphatic carbocycles. The van der Waals surface area contributed by atoms with Gasteiger partial charge >= 0.3 is 0 Å². The molecule has 1 unspecified atom stereocenters. The molecular formula is C20H23N7O2. The maximum atomic E-state index is 13.1. The third kappa shape index (κ3) is 3.30. The monoisotopic (exact) mass is 393 g/mol. The van der Waals surface area contributed by atoms with Gasteiger partial charge in [0.05, 0.1) is 18.3 Å². The Hall–Kier alpha value is -3.10. The lowest BCUT2D eigenvalue weighted by molar-refractivity contribution is 0.0708. The highest BCUT2D eigenvalue weighted by Gasteiger charge is 2.33. The summed E-state index contributed by atoms with van der Waals surface area (Å²) in [5.41, 5.74) is 2.56. The van der Waals surface area contributed by atoms with Crippen molar-refractivity contribution in [2.24, 2.45) is 0 Å². The van der Waals surface area contributed by atoms with Crippen LogP contribution >= 0.6 is 0 Å². The molecule has 0 N–H and O–H groups in total. The molecule has 9 heteroatoms. The van der Waals surface area contributed by atoms with Crippen LogP contribution in [-0.2, 0) is 6.54 Å². The second kappa shape index (κ2) is 6.75. The van der Waals surface area contributed by atoms with Crippen molar-refractivity contribution >= 4 is 11.7 Å². The Morgan fingerprint density at radius 1 is 1.14 bits per heavy atom. The van der Waals surface area contributed by atoms with Gasteiger partial charge in [0.1, 0.15) is 0 Å². The number of fused-ring (bicyclic) bond motifs is 1. The number of aromatic nitrogens is 6. The zero-order valence-electron chi connectivity index (χ0n) is 16.6. The third-order valence-electron chi connectivity index (χ3n) is 5.71. The second-order valence-electron chi connectivity index (χ2n) is 8.03. The van der Waals surface area contributed by atoms with E-state index < -0.39 is 0 Å². The van der Waals surface area contributed by atoms with Gasteiger partial charge in [-0.25, -0.2) is 14.2 Å². The van der Waals surface area contributed by atoms with Gasteiger partial charge in [-0.2, -0.15) is 10.1 Å². The van der Waals surface area contributed by atoms with Crippen molar-refractivity contribution in [2.75, 3.05) is 6.54 Å². The van der Waals surface area contributed by atoms with Gasteiger partial charge in [-0.3, -0.25) is 9.59 Å². The lowest BCUT2D eigenvalue weighted by atomic mass is 10.2. The molecule has 1 amide bonds. The van der Waals surface area contributed by atoms with Crippen molar-refractivity contribution in [3.05, 3.63) is 51.5 Å². The molecule has 2 fully saturated rings. The van der Waals surface area contributed by atoms with Crippen molar-refractivity contribution in [3.63, 3.8) is 0 Å². The van der Waals surface area contributed by atoms with Crippen molar-refractivity contribution < 1.29 is 4.79 Å². The van der Waals surface area contributed by atoms with Gasteiger partial charge in [0, 0.05) is 29.9 Å². The number of hydrogen-bond donors (Lipinski definition) is 0. The van der Waals surface area contributed by atoms with Gasteiger partial charge in [0.15, 0.2) is 0 Å². The molecule has 0 spiro atoms. The predicted molar refractivity (Wildman–Crippen MR) is 105 cm³/mol. The largest absolute Gasteiger partial charge is 0.331 e. The molecule has 3 aromatic rings. The first-order valence-corrected chi connectivity index (χ1v) is 10.1. The molecule has 1 atom stereocenters. The molecule has 1 aliphatic heterocycles. The number of amides is 1. The molecule has 29 heavy (non-hydrogen) atoms. The van der Waals surface area contributed by atoms with Crippen LogP contribution in [0.1, 0.15) is 59.3 Å². The fraction of sp³-hybridized carbons (Fsp3) is 0.500. The molecular weight excluding hydrogens is 370 g/mol. The van der Waals surface area contributed by atoms with Crippen LogP contribution < -0.4 is 5.56 Å². The maximum Gasteiger partial charge on any atom is 0.293 e. The minimum atomic E-state index is -0.221. The molecule has 0 bridgehead atoms. The number of rotatable bonds is 4. The summed E-state index contributed by atoms with van der Waals surface area (Å²) in [6.45, 7) is 4.82. The summed E-state index contributed by atoms with van der Waals surface area (Å²) in [4.78, 5) is 35.9. The number of likely N-dealkylation sites (tertiary alicyclic amines) is 1. The summed E-state index contributed by atoms with van der Waals surface area (Å²) < 4.78 is 3.10. The minimum Gasteiger partial charge on any atom is -0.331 e. The fourth-order valence-electron chi connectivity index (χ4n) is 4.07. The zero-order valence-corrected chi connectivity index (χ0v) is 16.6. The van der Waals surface area contributed by atoms with Crippen molar-refractivity contribution in [1.29, 1.82) is 0 Å². The Labute approximate surface area is 167 Å². The highest BCUT2D eigenvalue weighted by atomic mass is 16.2. The smallest absolute Gasteiger partial charge is 0.293 e. The topological polar surface area (TPSA) is 98.3 Å². The summed E-state index contributed by atoms with van der Waals surface area (Å²) in [7, 11) is 0. The fourth-order valence-corrected chi connectivity index (χ4v) is 4.07. The maximum absolute atomic E-state index is 13.1. The SMILES string of the molecule is Cc1cc(C)n2nc(C(=O)N3CCCC3Cn3nc(C4CC4)ccc3=O)nc2n1.